The lowest BCUT2D eigenvalue weighted by Gasteiger charge is -2.08. The van der Waals surface area contributed by atoms with E-state index in [9.17, 15) is 5.11 Å². The molecule has 0 heterocycles. The van der Waals surface area contributed by atoms with Crippen LogP contribution in [0.25, 0.3) is 6.08 Å². The molecule has 0 saturated carbocycles. The van der Waals surface area contributed by atoms with Crippen LogP contribution in [-0.4, -0.2) is 17.3 Å². The fraction of sp³-hybridized carbons (Fsp3) is 0.273. The summed E-state index contributed by atoms with van der Waals surface area (Å²) in [5.41, 5.74) is 6.57. The van der Waals surface area contributed by atoms with E-state index in [0.717, 1.165) is 5.56 Å². The van der Waals surface area contributed by atoms with E-state index in [-0.39, 0.29) is 6.04 Å². The minimum absolute atomic E-state index is 0.222. The van der Waals surface area contributed by atoms with Crippen molar-refractivity contribution in [1.29, 1.82) is 0 Å². The first-order valence-electron chi connectivity index (χ1n) is 4.37. The van der Waals surface area contributed by atoms with Crippen molar-refractivity contribution in [2.24, 2.45) is 5.73 Å². The quantitative estimate of drug-likeness (QED) is 0.733. The summed E-state index contributed by atoms with van der Waals surface area (Å²) in [6.45, 7) is 1.78. The van der Waals surface area contributed by atoms with Crippen LogP contribution in [0.2, 0.25) is 0 Å². The third-order valence-electron chi connectivity index (χ3n) is 1.82. The number of hydrogen-bond donors (Lipinski definition) is 2. The molecule has 0 radical (unpaired) electrons. The van der Waals surface area contributed by atoms with Crippen molar-refractivity contribution in [3.05, 3.63) is 42.0 Å². The Kier molecular flexibility index (Phi) is 3.68. The molecule has 0 aliphatic heterocycles. The maximum Gasteiger partial charge on any atom is 0.0872 e. The molecule has 0 unspecified atom stereocenters. The second-order valence-electron chi connectivity index (χ2n) is 3.12. The van der Waals surface area contributed by atoms with Crippen LogP contribution in [0.1, 0.15) is 12.5 Å². The molecule has 1 rings (SSSR count). The molecular weight excluding hydrogens is 162 g/mol. The topological polar surface area (TPSA) is 46.2 Å². The van der Waals surface area contributed by atoms with Crippen molar-refractivity contribution in [3.8, 4) is 0 Å². The summed E-state index contributed by atoms with van der Waals surface area (Å²) in [6, 6.07) is 9.60. The fourth-order valence-electron chi connectivity index (χ4n) is 0.949. The summed E-state index contributed by atoms with van der Waals surface area (Å²) in [5.74, 6) is 0. The first-order valence-corrected chi connectivity index (χ1v) is 4.37. The molecule has 0 aliphatic rings. The van der Waals surface area contributed by atoms with Crippen LogP contribution in [0.3, 0.4) is 0 Å². The van der Waals surface area contributed by atoms with Crippen LogP contribution >= 0.6 is 0 Å². The van der Waals surface area contributed by atoms with E-state index in [1.165, 1.54) is 0 Å². The zero-order chi connectivity index (χ0) is 9.68. The summed E-state index contributed by atoms with van der Waals surface area (Å²) in [6.07, 6.45) is 3.01. The largest absolute Gasteiger partial charge is 0.387 e. The highest BCUT2D eigenvalue weighted by Crippen LogP contribution is 2.02. The van der Waals surface area contributed by atoms with Gasteiger partial charge >= 0.3 is 0 Å². The molecule has 13 heavy (non-hydrogen) atoms. The molecule has 0 spiro atoms. The van der Waals surface area contributed by atoms with Crippen molar-refractivity contribution in [3.63, 3.8) is 0 Å². The summed E-state index contributed by atoms with van der Waals surface area (Å²) >= 11 is 0. The predicted octanol–water partition coefficient (Wildman–Crippen LogP) is 1.41. The van der Waals surface area contributed by atoms with Gasteiger partial charge in [0.2, 0.25) is 0 Å². The summed E-state index contributed by atoms with van der Waals surface area (Å²) in [7, 11) is 0. The molecule has 1 aromatic carbocycles. The molecule has 0 fully saturated rings. The lowest BCUT2D eigenvalue weighted by atomic mass is 10.1. The van der Waals surface area contributed by atoms with Gasteiger partial charge in [0.05, 0.1) is 6.10 Å². The van der Waals surface area contributed by atoms with Crippen LogP contribution in [0.4, 0.5) is 0 Å². The Morgan fingerprint density at radius 1 is 1.31 bits per heavy atom. The lowest BCUT2D eigenvalue weighted by Crippen LogP contribution is -2.29. The number of rotatable bonds is 3. The minimum atomic E-state index is -0.569. The number of benzene rings is 1. The van der Waals surface area contributed by atoms with Gasteiger partial charge in [-0.1, -0.05) is 42.5 Å². The molecule has 0 saturated heterocycles. The van der Waals surface area contributed by atoms with E-state index in [1.54, 1.807) is 13.0 Å². The summed E-state index contributed by atoms with van der Waals surface area (Å²) in [5, 5.41) is 9.38. The highest BCUT2D eigenvalue weighted by molar-refractivity contribution is 5.49. The van der Waals surface area contributed by atoms with Crippen molar-refractivity contribution in [1.82, 2.24) is 0 Å². The second-order valence-corrected chi connectivity index (χ2v) is 3.12. The highest BCUT2D eigenvalue weighted by atomic mass is 16.3. The second kappa shape index (κ2) is 4.80. The van der Waals surface area contributed by atoms with Gasteiger partial charge < -0.3 is 10.8 Å². The Labute approximate surface area is 78.7 Å². The third kappa shape index (κ3) is 3.40. The van der Waals surface area contributed by atoms with E-state index in [0.29, 0.717) is 0 Å². The lowest BCUT2D eigenvalue weighted by molar-refractivity contribution is 0.199. The molecule has 2 nitrogen and oxygen atoms in total. The van der Waals surface area contributed by atoms with Crippen molar-refractivity contribution in [2.45, 2.75) is 19.1 Å². The molecule has 2 atom stereocenters. The standard InChI is InChI=1S/C11H15NO/c1-9(12)11(13)8-7-10-5-3-2-4-6-10/h2-9,11,13H,12H2,1H3/b8-7+/t9-,11-/m0/s1. The molecule has 0 aliphatic carbocycles. The highest BCUT2D eigenvalue weighted by Gasteiger charge is 2.03. The van der Waals surface area contributed by atoms with Gasteiger partial charge in [0.25, 0.3) is 0 Å². The minimum Gasteiger partial charge on any atom is -0.387 e. The van der Waals surface area contributed by atoms with E-state index in [2.05, 4.69) is 0 Å². The van der Waals surface area contributed by atoms with Crippen molar-refractivity contribution >= 4 is 6.08 Å². The Morgan fingerprint density at radius 2 is 1.92 bits per heavy atom. The number of aliphatic hydroxyl groups excluding tert-OH is 1. The SMILES string of the molecule is C[C@H](N)[C@@H](O)/C=C/c1ccccc1. The zero-order valence-corrected chi connectivity index (χ0v) is 7.72. The van der Waals surface area contributed by atoms with Crippen LogP contribution in [0.15, 0.2) is 36.4 Å². The van der Waals surface area contributed by atoms with Gasteiger partial charge in [-0.25, -0.2) is 0 Å². The Hall–Kier alpha value is -1.12. The summed E-state index contributed by atoms with van der Waals surface area (Å²) in [4.78, 5) is 0. The van der Waals surface area contributed by atoms with E-state index < -0.39 is 6.10 Å². The van der Waals surface area contributed by atoms with Crippen molar-refractivity contribution in [2.75, 3.05) is 0 Å². The third-order valence-corrected chi connectivity index (χ3v) is 1.82. The fourth-order valence-corrected chi connectivity index (χ4v) is 0.949. The van der Waals surface area contributed by atoms with Gasteiger partial charge in [-0.05, 0) is 12.5 Å². The number of hydrogen-bond acceptors (Lipinski definition) is 2. The van der Waals surface area contributed by atoms with Gasteiger partial charge in [0.15, 0.2) is 0 Å². The molecule has 3 N–H and O–H groups in total. The summed E-state index contributed by atoms with van der Waals surface area (Å²) < 4.78 is 0. The maximum atomic E-state index is 9.38. The van der Waals surface area contributed by atoms with Crippen LogP contribution in [0.5, 0.6) is 0 Å². The first kappa shape index (κ1) is 9.96. The van der Waals surface area contributed by atoms with E-state index in [4.69, 9.17) is 5.73 Å². The average molecular weight is 177 g/mol. The Morgan fingerprint density at radius 3 is 2.46 bits per heavy atom. The molecule has 0 bridgehead atoms. The zero-order valence-electron chi connectivity index (χ0n) is 7.72. The van der Waals surface area contributed by atoms with Gasteiger partial charge in [0, 0.05) is 6.04 Å². The van der Waals surface area contributed by atoms with Gasteiger partial charge in [0.1, 0.15) is 0 Å². The molecule has 0 aromatic heterocycles. The first-order chi connectivity index (χ1) is 6.20. The van der Waals surface area contributed by atoms with Gasteiger partial charge in [-0.2, -0.15) is 0 Å². The van der Waals surface area contributed by atoms with Crippen LogP contribution in [0, 0.1) is 0 Å². The Balaban J connectivity index is 2.59. The molecular formula is C11H15NO. The maximum absolute atomic E-state index is 9.38. The Bertz CT molecular complexity index is 267. The molecule has 1 aromatic rings. The van der Waals surface area contributed by atoms with Crippen molar-refractivity contribution < 1.29 is 5.11 Å². The van der Waals surface area contributed by atoms with Gasteiger partial charge in [-0.15, -0.1) is 0 Å². The molecule has 2 heteroatoms. The smallest absolute Gasteiger partial charge is 0.0872 e. The van der Waals surface area contributed by atoms with Crippen LogP contribution < -0.4 is 5.73 Å². The molecule has 0 amide bonds. The predicted molar refractivity (Wildman–Crippen MR) is 55.1 cm³/mol. The van der Waals surface area contributed by atoms with Gasteiger partial charge in [-0.3, -0.25) is 0 Å². The van der Waals surface area contributed by atoms with E-state index in [1.807, 2.05) is 36.4 Å². The number of aliphatic hydroxyl groups is 1. The van der Waals surface area contributed by atoms with E-state index >= 15 is 0 Å². The monoisotopic (exact) mass is 177 g/mol. The van der Waals surface area contributed by atoms with Crippen LogP contribution in [-0.2, 0) is 0 Å². The normalized spacial score (nSPS) is 15.9. The number of nitrogens with two attached hydrogens (primary N) is 1. The molecule has 70 valence electrons. The average Bonchev–Trinajstić information content (AvgIpc) is 2.15.